The molecule has 0 aromatic heterocycles. The van der Waals surface area contributed by atoms with Crippen LogP contribution in [0.1, 0.15) is 26.7 Å². The first-order valence-corrected chi connectivity index (χ1v) is 9.97. The number of carbonyl (C=O) groups excluding carboxylic acids is 2. The summed E-state index contributed by atoms with van der Waals surface area (Å²) in [5.74, 6) is 0.669. The number of amides is 2. The largest absolute Gasteiger partial charge is 0.497 e. The lowest BCUT2D eigenvalue weighted by Gasteiger charge is -2.31. The first-order valence-electron chi connectivity index (χ1n) is 9.97. The Morgan fingerprint density at radius 1 is 1.03 bits per heavy atom. The highest BCUT2D eigenvalue weighted by atomic mass is 16.6. The summed E-state index contributed by atoms with van der Waals surface area (Å²) in [5.41, 5.74) is 2.79. The molecule has 2 aromatic rings. The van der Waals surface area contributed by atoms with Crippen molar-refractivity contribution >= 4 is 17.7 Å². The number of hydrogen-bond acceptors (Lipinski definition) is 4. The first-order chi connectivity index (χ1) is 14.0. The summed E-state index contributed by atoms with van der Waals surface area (Å²) in [5, 5.41) is 3.02. The minimum atomic E-state index is -0.301. The molecule has 6 nitrogen and oxygen atoms in total. The second kappa shape index (κ2) is 9.45. The SMILES string of the molecule is COc1cccc(-c2cccc(NC(=O)C3CCN(C(=O)OC(C)C)CC3)c2)c1. The molecule has 1 N–H and O–H groups in total. The van der Waals surface area contributed by atoms with Crippen LogP contribution in [0.25, 0.3) is 11.1 Å². The van der Waals surface area contributed by atoms with Crippen molar-refractivity contribution in [3.05, 3.63) is 48.5 Å². The molecule has 0 spiro atoms. The van der Waals surface area contributed by atoms with E-state index >= 15 is 0 Å². The molecule has 0 unspecified atom stereocenters. The Morgan fingerprint density at radius 2 is 1.69 bits per heavy atom. The number of piperidine rings is 1. The molecule has 1 saturated heterocycles. The van der Waals surface area contributed by atoms with Gasteiger partial charge in [0.2, 0.25) is 5.91 Å². The average Bonchev–Trinajstić information content (AvgIpc) is 2.73. The second-order valence-electron chi connectivity index (χ2n) is 7.50. The van der Waals surface area contributed by atoms with Gasteiger partial charge in [0.1, 0.15) is 5.75 Å². The monoisotopic (exact) mass is 396 g/mol. The van der Waals surface area contributed by atoms with Gasteiger partial charge in [0, 0.05) is 24.7 Å². The van der Waals surface area contributed by atoms with E-state index in [1.165, 1.54) is 0 Å². The maximum Gasteiger partial charge on any atom is 0.410 e. The summed E-state index contributed by atoms with van der Waals surface area (Å²) in [6.07, 6.45) is 0.827. The van der Waals surface area contributed by atoms with Crippen LogP contribution < -0.4 is 10.1 Å². The Hall–Kier alpha value is -3.02. The molecule has 2 aromatic carbocycles. The number of nitrogens with one attached hydrogen (secondary N) is 1. The van der Waals surface area contributed by atoms with Gasteiger partial charge in [0.15, 0.2) is 0 Å². The van der Waals surface area contributed by atoms with E-state index in [9.17, 15) is 9.59 Å². The van der Waals surface area contributed by atoms with Gasteiger partial charge in [0.05, 0.1) is 13.2 Å². The third kappa shape index (κ3) is 5.50. The Balaban J connectivity index is 1.59. The number of carbonyl (C=O) groups is 2. The molecule has 0 saturated carbocycles. The Bertz CT molecular complexity index is 857. The van der Waals surface area contributed by atoms with Crippen molar-refractivity contribution in [3.8, 4) is 16.9 Å². The van der Waals surface area contributed by atoms with Gasteiger partial charge in [-0.05, 0) is 62.1 Å². The normalized spacial score (nSPS) is 14.6. The lowest BCUT2D eigenvalue weighted by atomic mass is 9.96. The fourth-order valence-corrected chi connectivity index (χ4v) is 3.42. The van der Waals surface area contributed by atoms with Crippen LogP contribution in [0.4, 0.5) is 10.5 Å². The molecule has 154 valence electrons. The predicted molar refractivity (Wildman–Crippen MR) is 113 cm³/mol. The number of nitrogens with zero attached hydrogens (tertiary/aromatic N) is 1. The van der Waals surface area contributed by atoms with E-state index in [1.54, 1.807) is 12.0 Å². The summed E-state index contributed by atoms with van der Waals surface area (Å²) in [4.78, 5) is 26.4. The van der Waals surface area contributed by atoms with Crippen molar-refractivity contribution < 1.29 is 19.1 Å². The van der Waals surface area contributed by atoms with Crippen LogP contribution in [0.5, 0.6) is 5.75 Å². The average molecular weight is 396 g/mol. The summed E-state index contributed by atoms with van der Waals surface area (Å²) in [6, 6.07) is 15.6. The number of methoxy groups -OCH3 is 1. The van der Waals surface area contributed by atoms with Crippen LogP contribution in [-0.4, -0.2) is 43.2 Å². The zero-order valence-corrected chi connectivity index (χ0v) is 17.2. The third-order valence-corrected chi connectivity index (χ3v) is 4.99. The van der Waals surface area contributed by atoms with Crippen LogP contribution >= 0.6 is 0 Å². The smallest absolute Gasteiger partial charge is 0.410 e. The molecule has 0 atom stereocenters. The van der Waals surface area contributed by atoms with Gasteiger partial charge in [-0.15, -0.1) is 0 Å². The fraction of sp³-hybridized carbons (Fsp3) is 0.391. The zero-order chi connectivity index (χ0) is 20.8. The second-order valence-corrected chi connectivity index (χ2v) is 7.50. The van der Waals surface area contributed by atoms with Crippen LogP contribution in [-0.2, 0) is 9.53 Å². The predicted octanol–water partition coefficient (Wildman–Crippen LogP) is 4.56. The van der Waals surface area contributed by atoms with Gasteiger partial charge < -0.3 is 19.7 Å². The minimum absolute atomic E-state index is 0.00957. The molecule has 29 heavy (non-hydrogen) atoms. The van der Waals surface area contributed by atoms with Gasteiger partial charge in [-0.1, -0.05) is 24.3 Å². The van der Waals surface area contributed by atoms with Gasteiger partial charge in [0.25, 0.3) is 0 Å². The Morgan fingerprint density at radius 3 is 2.34 bits per heavy atom. The molecule has 2 amide bonds. The van der Waals surface area contributed by atoms with Gasteiger partial charge in [-0.25, -0.2) is 4.79 Å². The van der Waals surface area contributed by atoms with Crippen molar-refractivity contribution in [2.24, 2.45) is 5.92 Å². The molecule has 1 heterocycles. The highest BCUT2D eigenvalue weighted by Gasteiger charge is 2.28. The number of hydrogen-bond donors (Lipinski definition) is 1. The van der Waals surface area contributed by atoms with Crippen molar-refractivity contribution in [2.75, 3.05) is 25.5 Å². The summed E-state index contributed by atoms with van der Waals surface area (Å²) in [7, 11) is 1.64. The van der Waals surface area contributed by atoms with E-state index in [0.717, 1.165) is 22.6 Å². The highest BCUT2D eigenvalue weighted by Crippen LogP contribution is 2.27. The third-order valence-electron chi connectivity index (χ3n) is 4.99. The number of ether oxygens (including phenoxy) is 2. The van der Waals surface area contributed by atoms with E-state index in [4.69, 9.17) is 9.47 Å². The van der Waals surface area contributed by atoms with E-state index in [1.807, 2.05) is 62.4 Å². The molecular formula is C23H28N2O4. The molecule has 0 bridgehead atoms. The van der Waals surface area contributed by atoms with E-state index in [0.29, 0.717) is 25.9 Å². The lowest BCUT2D eigenvalue weighted by Crippen LogP contribution is -2.42. The topological polar surface area (TPSA) is 67.9 Å². The summed E-state index contributed by atoms with van der Waals surface area (Å²) >= 11 is 0. The van der Waals surface area contributed by atoms with Gasteiger partial charge >= 0.3 is 6.09 Å². The van der Waals surface area contributed by atoms with E-state index < -0.39 is 0 Å². The number of likely N-dealkylation sites (tertiary alicyclic amines) is 1. The maximum atomic E-state index is 12.7. The molecule has 1 fully saturated rings. The first kappa shape index (κ1) is 20.7. The van der Waals surface area contributed by atoms with Gasteiger partial charge in [-0.3, -0.25) is 4.79 Å². The van der Waals surface area contributed by atoms with Crippen LogP contribution in [0.2, 0.25) is 0 Å². The summed E-state index contributed by atoms with van der Waals surface area (Å²) < 4.78 is 10.5. The molecule has 0 aliphatic carbocycles. The molecular weight excluding hydrogens is 368 g/mol. The zero-order valence-electron chi connectivity index (χ0n) is 17.2. The fourth-order valence-electron chi connectivity index (χ4n) is 3.42. The van der Waals surface area contributed by atoms with E-state index in [2.05, 4.69) is 5.32 Å². The standard InChI is InChI=1S/C23H28N2O4/c1-16(2)29-23(27)25-12-10-17(11-13-25)22(26)24-20-8-4-6-18(14-20)19-7-5-9-21(15-19)28-3/h4-9,14-17H,10-13H2,1-3H3,(H,24,26). The van der Waals surface area contributed by atoms with Crippen molar-refractivity contribution in [1.82, 2.24) is 4.90 Å². The van der Waals surface area contributed by atoms with E-state index in [-0.39, 0.29) is 24.0 Å². The summed E-state index contributed by atoms with van der Waals surface area (Å²) in [6.45, 7) is 4.73. The van der Waals surface area contributed by atoms with Crippen LogP contribution in [0.15, 0.2) is 48.5 Å². The van der Waals surface area contributed by atoms with Gasteiger partial charge in [-0.2, -0.15) is 0 Å². The quantitative estimate of drug-likeness (QED) is 0.805. The molecule has 0 radical (unpaired) electrons. The highest BCUT2D eigenvalue weighted by molar-refractivity contribution is 5.93. The molecule has 1 aliphatic rings. The lowest BCUT2D eigenvalue weighted by molar-refractivity contribution is -0.121. The Labute approximate surface area is 171 Å². The van der Waals surface area contributed by atoms with Crippen molar-refractivity contribution in [1.29, 1.82) is 0 Å². The van der Waals surface area contributed by atoms with Crippen molar-refractivity contribution in [2.45, 2.75) is 32.8 Å². The number of rotatable bonds is 5. The number of benzene rings is 2. The number of anilines is 1. The van der Waals surface area contributed by atoms with Crippen molar-refractivity contribution in [3.63, 3.8) is 0 Å². The molecule has 1 aliphatic heterocycles. The maximum absolute atomic E-state index is 12.7. The molecule has 3 rings (SSSR count). The van der Waals surface area contributed by atoms with Crippen LogP contribution in [0.3, 0.4) is 0 Å². The Kier molecular flexibility index (Phi) is 6.75. The minimum Gasteiger partial charge on any atom is -0.497 e. The molecule has 6 heteroatoms. The van der Waals surface area contributed by atoms with Crippen LogP contribution in [0, 0.1) is 5.92 Å².